The predicted molar refractivity (Wildman–Crippen MR) is 104 cm³/mol. The van der Waals surface area contributed by atoms with Gasteiger partial charge in [0.15, 0.2) is 11.6 Å². The van der Waals surface area contributed by atoms with Crippen molar-refractivity contribution in [2.45, 2.75) is 26.3 Å². The van der Waals surface area contributed by atoms with Crippen LogP contribution in [0.1, 0.15) is 25.3 Å². The standard InChI is InChI=1S/C19H28N6/c1-2-3-9-21-18-17(20)19(23-15-22-18)25-12-10-24(11-13-25)14-16-7-5-4-6-8-16/h4-8,15H,2-3,9-14,20H2,1H3,(H,21,22,23). The molecule has 6 nitrogen and oxygen atoms in total. The number of hydrogen-bond acceptors (Lipinski definition) is 6. The Morgan fingerprint density at radius 1 is 1.08 bits per heavy atom. The number of piperazine rings is 1. The zero-order chi connectivity index (χ0) is 17.5. The van der Waals surface area contributed by atoms with Gasteiger partial charge in [-0.25, -0.2) is 9.97 Å². The minimum atomic E-state index is 0.662. The van der Waals surface area contributed by atoms with Gasteiger partial charge in [0.2, 0.25) is 0 Å². The molecule has 25 heavy (non-hydrogen) atoms. The lowest BCUT2D eigenvalue weighted by Crippen LogP contribution is -2.46. The van der Waals surface area contributed by atoms with E-state index in [1.807, 2.05) is 0 Å². The quantitative estimate of drug-likeness (QED) is 0.755. The third-order valence-corrected chi connectivity index (χ3v) is 4.61. The number of nitrogen functional groups attached to an aromatic ring is 1. The van der Waals surface area contributed by atoms with Gasteiger partial charge in [-0.15, -0.1) is 0 Å². The van der Waals surface area contributed by atoms with Crippen molar-refractivity contribution in [1.82, 2.24) is 14.9 Å². The Balaban J connectivity index is 1.58. The second kappa shape index (κ2) is 8.67. The number of benzene rings is 1. The van der Waals surface area contributed by atoms with Gasteiger partial charge in [0.05, 0.1) is 0 Å². The topological polar surface area (TPSA) is 70.3 Å². The Labute approximate surface area is 150 Å². The smallest absolute Gasteiger partial charge is 0.157 e. The molecule has 2 heterocycles. The normalized spacial score (nSPS) is 15.3. The van der Waals surface area contributed by atoms with Gasteiger partial charge in [0.25, 0.3) is 0 Å². The molecular formula is C19H28N6. The van der Waals surface area contributed by atoms with Gasteiger partial charge in [0, 0.05) is 39.3 Å². The summed E-state index contributed by atoms with van der Waals surface area (Å²) < 4.78 is 0. The molecular weight excluding hydrogens is 312 g/mol. The van der Waals surface area contributed by atoms with Crippen LogP contribution in [0.15, 0.2) is 36.7 Å². The molecule has 1 aromatic heterocycles. The highest BCUT2D eigenvalue weighted by molar-refractivity contribution is 5.74. The molecule has 0 atom stereocenters. The maximum Gasteiger partial charge on any atom is 0.157 e. The number of aromatic nitrogens is 2. The Morgan fingerprint density at radius 2 is 1.84 bits per heavy atom. The van der Waals surface area contributed by atoms with Crippen molar-refractivity contribution in [2.24, 2.45) is 0 Å². The lowest BCUT2D eigenvalue weighted by atomic mass is 10.2. The number of rotatable bonds is 7. The van der Waals surface area contributed by atoms with Crippen LogP contribution in [0.3, 0.4) is 0 Å². The van der Waals surface area contributed by atoms with E-state index < -0.39 is 0 Å². The van der Waals surface area contributed by atoms with E-state index in [0.29, 0.717) is 5.69 Å². The highest BCUT2D eigenvalue weighted by Gasteiger charge is 2.21. The summed E-state index contributed by atoms with van der Waals surface area (Å²) in [5.41, 5.74) is 8.34. The molecule has 3 N–H and O–H groups in total. The first kappa shape index (κ1) is 17.5. The molecule has 0 aliphatic carbocycles. The van der Waals surface area contributed by atoms with E-state index in [1.165, 1.54) is 5.56 Å². The molecule has 1 aliphatic rings. The van der Waals surface area contributed by atoms with Crippen LogP contribution >= 0.6 is 0 Å². The fraction of sp³-hybridized carbons (Fsp3) is 0.474. The predicted octanol–water partition coefficient (Wildman–Crippen LogP) is 2.59. The SMILES string of the molecule is CCCCNc1ncnc(N2CCN(Cc3ccccc3)CC2)c1N. The third-order valence-electron chi connectivity index (χ3n) is 4.61. The monoisotopic (exact) mass is 340 g/mol. The third kappa shape index (κ3) is 4.60. The molecule has 6 heteroatoms. The van der Waals surface area contributed by atoms with Gasteiger partial charge in [-0.1, -0.05) is 43.7 Å². The maximum atomic E-state index is 6.31. The lowest BCUT2D eigenvalue weighted by Gasteiger charge is -2.36. The van der Waals surface area contributed by atoms with Crippen LogP contribution in [0.5, 0.6) is 0 Å². The van der Waals surface area contributed by atoms with Crippen LogP contribution in [-0.2, 0) is 6.54 Å². The van der Waals surface area contributed by atoms with E-state index >= 15 is 0 Å². The molecule has 0 radical (unpaired) electrons. The molecule has 1 saturated heterocycles. The van der Waals surface area contributed by atoms with Crippen molar-refractivity contribution in [1.29, 1.82) is 0 Å². The number of unbranched alkanes of at least 4 members (excludes halogenated alkanes) is 1. The van der Waals surface area contributed by atoms with Crippen LogP contribution in [0.25, 0.3) is 0 Å². The Morgan fingerprint density at radius 3 is 2.56 bits per heavy atom. The minimum Gasteiger partial charge on any atom is -0.393 e. The fourth-order valence-electron chi connectivity index (χ4n) is 3.12. The summed E-state index contributed by atoms with van der Waals surface area (Å²) in [5, 5.41) is 3.32. The molecule has 0 bridgehead atoms. The lowest BCUT2D eigenvalue weighted by molar-refractivity contribution is 0.249. The summed E-state index contributed by atoms with van der Waals surface area (Å²) in [7, 11) is 0. The van der Waals surface area contributed by atoms with Gasteiger partial charge in [-0.05, 0) is 12.0 Å². The summed E-state index contributed by atoms with van der Waals surface area (Å²) in [4.78, 5) is 13.5. The minimum absolute atomic E-state index is 0.662. The first-order valence-corrected chi connectivity index (χ1v) is 9.13. The van der Waals surface area contributed by atoms with Crippen molar-refractivity contribution in [3.63, 3.8) is 0 Å². The largest absolute Gasteiger partial charge is 0.393 e. The van der Waals surface area contributed by atoms with E-state index in [9.17, 15) is 0 Å². The first-order valence-electron chi connectivity index (χ1n) is 9.13. The summed E-state index contributed by atoms with van der Waals surface area (Å²) in [5.74, 6) is 1.61. The van der Waals surface area contributed by atoms with Gasteiger partial charge in [-0.2, -0.15) is 0 Å². The van der Waals surface area contributed by atoms with Gasteiger partial charge >= 0.3 is 0 Å². The van der Waals surface area contributed by atoms with Crippen LogP contribution in [0.4, 0.5) is 17.3 Å². The molecule has 0 unspecified atom stereocenters. The van der Waals surface area contributed by atoms with Gasteiger partial charge in [0.1, 0.15) is 12.0 Å². The average molecular weight is 340 g/mol. The van der Waals surface area contributed by atoms with Crippen LogP contribution < -0.4 is 16.0 Å². The Kier molecular flexibility index (Phi) is 6.06. The molecule has 2 aromatic rings. The molecule has 1 aliphatic heterocycles. The Bertz CT molecular complexity index is 652. The van der Waals surface area contributed by atoms with Crippen molar-refractivity contribution >= 4 is 17.3 Å². The molecule has 3 rings (SSSR count). The zero-order valence-corrected chi connectivity index (χ0v) is 15.0. The molecule has 1 aromatic carbocycles. The van der Waals surface area contributed by atoms with E-state index in [0.717, 1.165) is 63.7 Å². The first-order chi connectivity index (χ1) is 12.3. The average Bonchev–Trinajstić information content (AvgIpc) is 2.65. The zero-order valence-electron chi connectivity index (χ0n) is 15.0. The molecule has 1 fully saturated rings. The summed E-state index contributed by atoms with van der Waals surface area (Å²) in [6.45, 7) is 7.95. The van der Waals surface area contributed by atoms with Crippen LogP contribution in [0.2, 0.25) is 0 Å². The Hall–Kier alpha value is -2.34. The number of nitrogens with zero attached hydrogens (tertiary/aromatic N) is 4. The van der Waals surface area contributed by atoms with E-state index in [2.05, 4.69) is 62.3 Å². The highest BCUT2D eigenvalue weighted by atomic mass is 15.3. The second-order valence-corrected chi connectivity index (χ2v) is 6.49. The second-order valence-electron chi connectivity index (χ2n) is 6.49. The van der Waals surface area contributed by atoms with E-state index in [4.69, 9.17) is 5.73 Å². The molecule has 0 spiro atoms. The van der Waals surface area contributed by atoms with Gasteiger partial charge in [-0.3, -0.25) is 4.90 Å². The fourth-order valence-corrected chi connectivity index (χ4v) is 3.12. The van der Waals surface area contributed by atoms with Crippen molar-refractivity contribution < 1.29 is 0 Å². The number of anilines is 3. The van der Waals surface area contributed by atoms with Crippen molar-refractivity contribution in [3.05, 3.63) is 42.2 Å². The summed E-state index contributed by atoms with van der Waals surface area (Å²) in [6, 6.07) is 10.6. The van der Waals surface area contributed by atoms with Crippen LogP contribution in [-0.4, -0.2) is 47.6 Å². The summed E-state index contributed by atoms with van der Waals surface area (Å²) in [6.07, 6.45) is 3.86. The maximum absolute atomic E-state index is 6.31. The highest BCUT2D eigenvalue weighted by Crippen LogP contribution is 2.27. The molecule has 0 amide bonds. The van der Waals surface area contributed by atoms with Crippen molar-refractivity contribution in [2.75, 3.05) is 48.7 Å². The molecule has 0 saturated carbocycles. The van der Waals surface area contributed by atoms with Crippen molar-refractivity contribution in [3.8, 4) is 0 Å². The molecule has 134 valence electrons. The summed E-state index contributed by atoms with van der Waals surface area (Å²) >= 11 is 0. The number of nitrogens with one attached hydrogen (secondary N) is 1. The van der Waals surface area contributed by atoms with E-state index in [1.54, 1.807) is 6.33 Å². The van der Waals surface area contributed by atoms with Gasteiger partial charge < -0.3 is 16.0 Å². The number of nitrogens with two attached hydrogens (primary N) is 1. The van der Waals surface area contributed by atoms with Crippen LogP contribution in [0, 0.1) is 0 Å². The van der Waals surface area contributed by atoms with E-state index in [-0.39, 0.29) is 0 Å². The number of hydrogen-bond donors (Lipinski definition) is 2.